The fourth-order valence-electron chi connectivity index (χ4n) is 2.54. The third-order valence-electron chi connectivity index (χ3n) is 3.55. The van der Waals surface area contributed by atoms with Crippen LogP contribution in [0, 0.1) is 0 Å². The normalized spacial score (nSPS) is 18.4. The lowest BCUT2D eigenvalue weighted by Crippen LogP contribution is -2.18. The van der Waals surface area contributed by atoms with Crippen molar-refractivity contribution in [2.24, 2.45) is 0 Å². The average molecular weight is 273 g/mol. The number of nitrogens with one attached hydrogen (secondary N) is 1. The van der Waals surface area contributed by atoms with Gasteiger partial charge in [-0.15, -0.1) is 0 Å². The molecule has 1 N–H and O–H groups in total. The standard InChI is InChI=1S/C15H19N3O2/c1-11(9-19-2)18-8-7-16-15(18)17-13-10-20-14-6-4-3-5-12(13)14/h3-8,11,13H,9-10H2,1-2H3,(H,16,17). The van der Waals surface area contributed by atoms with Crippen LogP contribution in [0.15, 0.2) is 36.7 Å². The number of ether oxygens (including phenoxy) is 2. The minimum Gasteiger partial charge on any atom is -0.491 e. The topological polar surface area (TPSA) is 48.3 Å². The Morgan fingerprint density at radius 2 is 2.35 bits per heavy atom. The monoisotopic (exact) mass is 273 g/mol. The molecular formula is C15H19N3O2. The lowest BCUT2D eigenvalue weighted by atomic mass is 10.1. The molecule has 0 saturated carbocycles. The highest BCUT2D eigenvalue weighted by Crippen LogP contribution is 2.34. The van der Waals surface area contributed by atoms with E-state index in [4.69, 9.17) is 9.47 Å². The number of benzene rings is 1. The summed E-state index contributed by atoms with van der Waals surface area (Å²) in [6, 6.07) is 8.48. The van der Waals surface area contributed by atoms with E-state index in [2.05, 4.69) is 27.9 Å². The van der Waals surface area contributed by atoms with Crippen LogP contribution in [0.25, 0.3) is 0 Å². The summed E-state index contributed by atoms with van der Waals surface area (Å²) in [6.45, 7) is 3.39. The maximum absolute atomic E-state index is 5.68. The van der Waals surface area contributed by atoms with E-state index in [1.807, 2.05) is 24.4 Å². The highest BCUT2D eigenvalue weighted by atomic mass is 16.5. The van der Waals surface area contributed by atoms with Crippen molar-refractivity contribution in [2.45, 2.75) is 19.0 Å². The second-order valence-electron chi connectivity index (χ2n) is 5.01. The molecule has 1 aliphatic rings. The van der Waals surface area contributed by atoms with Gasteiger partial charge in [0.1, 0.15) is 12.4 Å². The van der Waals surface area contributed by atoms with Crippen molar-refractivity contribution in [1.29, 1.82) is 0 Å². The number of imidazole rings is 1. The molecule has 2 heterocycles. The molecule has 1 aromatic heterocycles. The van der Waals surface area contributed by atoms with Crippen molar-refractivity contribution in [3.05, 3.63) is 42.2 Å². The largest absolute Gasteiger partial charge is 0.491 e. The second kappa shape index (κ2) is 5.54. The number of aromatic nitrogens is 2. The van der Waals surface area contributed by atoms with Gasteiger partial charge in [-0.25, -0.2) is 4.98 Å². The van der Waals surface area contributed by atoms with Gasteiger partial charge in [-0.05, 0) is 13.0 Å². The van der Waals surface area contributed by atoms with Crippen molar-refractivity contribution in [2.75, 3.05) is 25.6 Å². The molecule has 20 heavy (non-hydrogen) atoms. The third kappa shape index (κ3) is 2.36. The number of hydrogen-bond acceptors (Lipinski definition) is 4. The molecule has 5 nitrogen and oxygen atoms in total. The predicted molar refractivity (Wildman–Crippen MR) is 77.1 cm³/mol. The summed E-state index contributed by atoms with van der Waals surface area (Å²) in [5.41, 5.74) is 1.18. The first-order chi connectivity index (χ1) is 9.79. The van der Waals surface area contributed by atoms with Crippen LogP contribution in [0.4, 0.5) is 5.95 Å². The van der Waals surface area contributed by atoms with Gasteiger partial charge in [0.25, 0.3) is 0 Å². The van der Waals surface area contributed by atoms with E-state index in [9.17, 15) is 0 Å². The first-order valence-electron chi connectivity index (χ1n) is 6.79. The molecular weight excluding hydrogens is 254 g/mol. The summed E-state index contributed by atoms with van der Waals surface area (Å²) < 4.78 is 13.0. The van der Waals surface area contributed by atoms with Crippen molar-refractivity contribution in [3.8, 4) is 5.75 Å². The smallest absolute Gasteiger partial charge is 0.203 e. The van der Waals surface area contributed by atoms with Gasteiger partial charge in [0, 0.05) is 25.1 Å². The Kier molecular flexibility index (Phi) is 3.60. The first-order valence-corrected chi connectivity index (χ1v) is 6.79. The molecule has 106 valence electrons. The summed E-state index contributed by atoms with van der Waals surface area (Å²) >= 11 is 0. The molecule has 0 spiro atoms. The molecule has 5 heteroatoms. The summed E-state index contributed by atoms with van der Waals surface area (Å²) in [4.78, 5) is 4.40. The van der Waals surface area contributed by atoms with E-state index in [0.29, 0.717) is 13.2 Å². The molecule has 0 aliphatic carbocycles. The van der Waals surface area contributed by atoms with Gasteiger partial charge in [-0.2, -0.15) is 0 Å². The SMILES string of the molecule is COCC(C)n1ccnc1NC1COc2ccccc21. The molecule has 0 radical (unpaired) electrons. The van der Waals surface area contributed by atoms with Crippen molar-refractivity contribution in [1.82, 2.24) is 9.55 Å². The fourth-order valence-corrected chi connectivity index (χ4v) is 2.54. The Bertz CT molecular complexity index is 582. The highest BCUT2D eigenvalue weighted by molar-refractivity contribution is 5.44. The summed E-state index contributed by atoms with van der Waals surface area (Å²) in [5.74, 6) is 1.80. The summed E-state index contributed by atoms with van der Waals surface area (Å²) in [6.07, 6.45) is 3.77. The molecule has 2 atom stereocenters. The fraction of sp³-hybridized carbons (Fsp3) is 0.400. The quantitative estimate of drug-likeness (QED) is 0.909. The van der Waals surface area contributed by atoms with Gasteiger partial charge >= 0.3 is 0 Å². The van der Waals surface area contributed by atoms with Crippen LogP contribution < -0.4 is 10.1 Å². The van der Waals surface area contributed by atoms with Crippen LogP contribution in [0.1, 0.15) is 24.6 Å². The van der Waals surface area contributed by atoms with Gasteiger partial charge in [0.15, 0.2) is 0 Å². The first kappa shape index (κ1) is 13.0. The number of fused-ring (bicyclic) bond motifs is 1. The zero-order chi connectivity index (χ0) is 13.9. The molecule has 2 unspecified atom stereocenters. The van der Waals surface area contributed by atoms with Crippen LogP contribution in [-0.2, 0) is 4.74 Å². The number of rotatable bonds is 5. The highest BCUT2D eigenvalue weighted by Gasteiger charge is 2.25. The lowest BCUT2D eigenvalue weighted by molar-refractivity contribution is 0.163. The maximum Gasteiger partial charge on any atom is 0.203 e. The molecule has 0 fully saturated rings. The third-order valence-corrected chi connectivity index (χ3v) is 3.55. The van der Waals surface area contributed by atoms with E-state index in [-0.39, 0.29) is 12.1 Å². The Labute approximate surface area is 118 Å². The van der Waals surface area contributed by atoms with Crippen LogP contribution in [0.5, 0.6) is 5.75 Å². The number of para-hydroxylation sites is 1. The van der Waals surface area contributed by atoms with Gasteiger partial charge in [0.05, 0.1) is 18.7 Å². The van der Waals surface area contributed by atoms with E-state index in [1.54, 1.807) is 13.3 Å². The van der Waals surface area contributed by atoms with Crippen LogP contribution in [0.3, 0.4) is 0 Å². The second-order valence-corrected chi connectivity index (χ2v) is 5.01. The van der Waals surface area contributed by atoms with E-state index >= 15 is 0 Å². The summed E-state index contributed by atoms with van der Waals surface area (Å²) in [7, 11) is 1.71. The molecule has 0 bridgehead atoms. The van der Waals surface area contributed by atoms with E-state index in [0.717, 1.165) is 11.7 Å². The van der Waals surface area contributed by atoms with Gasteiger partial charge in [-0.3, -0.25) is 0 Å². The average Bonchev–Trinajstić information content (AvgIpc) is 3.07. The van der Waals surface area contributed by atoms with Gasteiger partial charge in [-0.1, -0.05) is 18.2 Å². The van der Waals surface area contributed by atoms with Crippen molar-refractivity contribution < 1.29 is 9.47 Å². The minimum atomic E-state index is 0.141. The lowest BCUT2D eigenvalue weighted by Gasteiger charge is -2.18. The molecule has 1 aromatic carbocycles. The summed E-state index contributed by atoms with van der Waals surface area (Å²) in [5, 5.41) is 3.46. The number of anilines is 1. The van der Waals surface area contributed by atoms with E-state index < -0.39 is 0 Å². The van der Waals surface area contributed by atoms with Crippen LogP contribution in [0.2, 0.25) is 0 Å². The maximum atomic E-state index is 5.68. The number of nitrogens with zero attached hydrogens (tertiary/aromatic N) is 2. The van der Waals surface area contributed by atoms with Gasteiger partial charge in [0.2, 0.25) is 5.95 Å². The molecule has 1 aliphatic heterocycles. The molecule has 0 saturated heterocycles. The predicted octanol–water partition coefficient (Wildman–Crippen LogP) is 2.64. The zero-order valence-electron chi connectivity index (χ0n) is 11.7. The Balaban J connectivity index is 1.78. The molecule has 3 rings (SSSR count). The minimum absolute atomic E-state index is 0.141. The Hall–Kier alpha value is -2.01. The number of methoxy groups -OCH3 is 1. The number of hydrogen-bond donors (Lipinski definition) is 1. The van der Waals surface area contributed by atoms with Crippen molar-refractivity contribution in [3.63, 3.8) is 0 Å². The van der Waals surface area contributed by atoms with Gasteiger partial charge < -0.3 is 19.4 Å². The van der Waals surface area contributed by atoms with Crippen molar-refractivity contribution >= 4 is 5.95 Å². The van der Waals surface area contributed by atoms with E-state index in [1.165, 1.54) is 5.56 Å². The Morgan fingerprint density at radius 1 is 1.50 bits per heavy atom. The van der Waals surface area contributed by atoms with Crippen LogP contribution >= 0.6 is 0 Å². The molecule has 2 aromatic rings. The zero-order valence-corrected chi connectivity index (χ0v) is 11.7. The van der Waals surface area contributed by atoms with Crippen LogP contribution in [-0.4, -0.2) is 29.9 Å². The Morgan fingerprint density at radius 3 is 3.20 bits per heavy atom. The molecule has 0 amide bonds.